The molecule has 0 spiro atoms. The molecule has 118 valence electrons. The molecule has 1 heterocycles. The summed E-state index contributed by atoms with van der Waals surface area (Å²) in [5, 5.41) is 3.73. The quantitative estimate of drug-likeness (QED) is 0.777. The van der Waals surface area contributed by atoms with Crippen molar-refractivity contribution in [2.45, 2.75) is 58.4 Å². The van der Waals surface area contributed by atoms with Gasteiger partial charge in [0.1, 0.15) is 0 Å². The molecule has 1 unspecified atom stereocenters. The van der Waals surface area contributed by atoms with E-state index in [0.29, 0.717) is 11.5 Å². The topological polar surface area (TPSA) is 24.5 Å². The molecule has 0 radical (unpaired) electrons. The van der Waals surface area contributed by atoms with Gasteiger partial charge in [0.25, 0.3) is 0 Å². The predicted molar refractivity (Wildman–Crippen MR) is 85.1 cm³/mol. The Morgan fingerprint density at radius 1 is 1.25 bits per heavy atom. The van der Waals surface area contributed by atoms with E-state index in [1.54, 1.807) is 0 Å². The SMILES string of the molecule is CC(C)CNCC1(CN(C)C2CCOC2)CCCCC1. The van der Waals surface area contributed by atoms with E-state index in [1.165, 1.54) is 51.6 Å². The number of ether oxygens (including phenoxy) is 1. The molecule has 3 nitrogen and oxygen atoms in total. The lowest BCUT2D eigenvalue weighted by molar-refractivity contribution is 0.0838. The van der Waals surface area contributed by atoms with Gasteiger partial charge in [-0.1, -0.05) is 33.1 Å². The van der Waals surface area contributed by atoms with E-state index in [1.807, 2.05) is 0 Å². The van der Waals surface area contributed by atoms with Crippen LogP contribution in [-0.4, -0.2) is 50.8 Å². The summed E-state index contributed by atoms with van der Waals surface area (Å²) in [4.78, 5) is 2.58. The van der Waals surface area contributed by atoms with Crippen LogP contribution in [0.3, 0.4) is 0 Å². The highest BCUT2D eigenvalue weighted by molar-refractivity contribution is 4.89. The maximum absolute atomic E-state index is 5.56. The fraction of sp³-hybridized carbons (Fsp3) is 1.00. The fourth-order valence-corrected chi connectivity index (χ4v) is 3.85. The Hall–Kier alpha value is -0.120. The van der Waals surface area contributed by atoms with E-state index in [-0.39, 0.29) is 0 Å². The Morgan fingerprint density at radius 3 is 2.60 bits per heavy atom. The van der Waals surface area contributed by atoms with Crippen molar-refractivity contribution in [2.75, 3.05) is 39.9 Å². The molecule has 2 rings (SSSR count). The third-order valence-corrected chi connectivity index (χ3v) is 5.08. The Kier molecular flexibility index (Phi) is 6.31. The minimum Gasteiger partial charge on any atom is -0.380 e. The van der Waals surface area contributed by atoms with Crippen LogP contribution in [0.25, 0.3) is 0 Å². The van der Waals surface area contributed by atoms with Gasteiger partial charge in [0, 0.05) is 25.7 Å². The first-order chi connectivity index (χ1) is 9.61. The van der Waals surface area contributed by atoms with Crippen molar-refractivity contribution in [1.29, 1.82) is 0 Å². The van der Waals surface area contributed by atoms with Crippen molar-refractivity contribution in [3.05, 3.63) is 0 Å². The first kappa shape index (κ1) is 16.3. The van der Waals surface area contributed by atoms with Crippen LogP contribution in [0, 0.1) is 11.3 Å². The number of nitrogens with zero attached hydrogens (tertiary/aromatic N) is 1. The molecule has 0 bridgehead atoms. The molecule has 1 aliphatic carbocycles. The van der Waals surface area contributed by atoms with Crippen LogP contribution in [0.15, 0.2) is 0 Å². The molecule has 1 saturated heterocycles. The zero-order valence-corrected chi connectivity index (χ0v) is 13.8. The van der Waals surface area contributed by atoms with Gasteiger partial charge in [-0.3, -0.25) is 0 Å². The van der Waals surface area contributed by atoms with Crippen LogP contribution in [0.5, 0.6) is 0 Å². The molecule has 0 aromatic heterocycles. The summed E-state index contributed by atoms with van der Waals surface area (Å²) in [6, 6.07) is 0.652. The molecule has 2 fully saturated rings. The van der Waals surface area contributed by atoms with Gasteiger partial charge in [-0.05, 0) is 44.2 Å². The summed E-state index contributed by atoms with van der Waals surface area (Å²) in [5.74, 6) is 0.747. The van der Waals surface area contributed by atoms with Gasteiger partial charge in [0.15, 0.2) is 0 Å². The number of hydrogen-bond acceptors (Lipinski definition) is 3. The smallest absolute Gasteiger partial charge is 0.0622 e. The van der Waals surface area contributed by atoms with Gasteiger partial charge < -0.3 is 15.0 Å². The lowest BCUT2D eigenvalue weighted by Gasteiger charge is -2.42. The molecule has 1 aliphatic heterocycles. The maximum Gasteiger partial charge on any atom is 0.0622 e. The van der Waals surface area contributed by atoms with Gasteiger partial charge >= 0.3 is 0 Å². The molecular formula is C17H34N2O. The van der Waals surface area contributed by atoms with Gasteiger partial charge in [0.2, 0.25) is 0 Å². The zero-order chi connectivity index (χ0) is 14.4. The Bertz CT molecular complexity index is 268. The maximum atomic E-state index is 5.56. The van der Waals surface area contributed by atoms with E-state index in [4.69, 9.17) is 4.74 Å². The van der Waals surface area contributed by atoms with Gasteiger partial charge in [0.05, 0.1) is 6.61 Å². The lowest BCUT2D eigenvalue weighted by atomic mass is 9.73. The summed E-state index contributed by atoms with van der Waals surface area (Å²) in [7, 11) is 2.30. The molecule has 1 atom stereocenters. The van der Waals surface area contributed by atoms with Crippen molar-refractivity contribution < 1.29 is 4.74 Å². The van der Waals surface area contributed by atoms with Crippen molar-refractivity contribution in [1.82, 2.24) is 10.2 Å². The van der Waals surface area contributed by atoms with Crippen molar-refractivity contribution in [2.24, 2.45) is 11.3 Å². The summed E-state index contributed by atoms with van der Waals surface area (Å²) in [6.07, 6.45) is 8.27. The summed E-state index contributed by atoms with van der Waals surface area (Å²) in [6.45, 7) is 10.1. The largest absolute Gasteiger partial charge is 0.380 e. The molecule has 0 amide bonds. The van der Waals surface area contributed by atoms with Crippen molar-refractivity contribution >= 4 is 0 Å². The molecule has 3 heteroatoms. The normalized spacial score (nSPS) is 26.6. The van der Waals surface area contributed by atoms with Crippen LogP contribution in [-0.2, 0) is 4.74 Å². The van der Waals surface area contributed by atoms with E-state index in [2.05, 4.69) is 31.1 Å². The highest BCUT2D eigenvalue weighted by atomic mass is 16.5. The molecular weight excluding hydrogens is 248 g/mol. The standard InChI is InChI=1S/C17H34N2O/c1-15(2)11-18-13-17(8-5-4-6-9-17)14-19(3)16-7-10-20-12-16/h15-16,18H,4-14H2,1-3H3. The average Bonchev–Trinajstić information content (AvgIpc) is 2.93. The summed E-state index contributed by atoms with van der Waals surface area (Å²) in [5.41, 5.74) is 0.504. The summed E-state index contributed by atoms with van der Waals surface area (Å²) < 4.78 is 5.56. The average molecular weight is 282 g/mol. The van der Waals surface area contributed by atoms with Crippen LogP contribution in [0.4, 0.5) is 0 Å². The molecule has 1 saturated carbocycles. The van der Waals surface area contributed by atoms with E-state index < -0.39 is 0 Å². The minimum absolute atomic E-state index is 0.504. The van der Waals surface area contributed by atoms with E-state index in [9.17, 15) is 0 Å². The zero-order valence-electron chi connectivity index (χ0n) is 13.8. The Labute approximate surface area is 125 Å². The van der Waals surface area contributed by atoms with Gasteiger partial charge in [-0.25, -0.2) is 0 Å². The number of hydrogen-bond donors (Lipinski definition) is 1. The predicted octanol–water partition coefficient (Wildman–Crippen LogP) is 2.90. The van der Waals surface area contributed by atoms with E-state index in [0.717, 1.165) is 25.7 Å². The Morgan fingerprint density at radius 2 is 2.00 bits per heavy atom. The lowest BCUT2D eigenvalue weighted by Crippen LogP contribution is -2.47. The molecule has 20 heavy (non-hydrogen) atoms. The minimum atomic E-state index is 0.504. The van der Waals surface area contributed by atoms with Crippen LogP contribution in [0.2, 0.25) is 0 Å². The van der Waals surface area contributed by atoms with Crippen molar-refractivity contribution in [3.63, 3.8) is 0 Å². The molecule has 1 N–H and O–H groups in total. The number of likely N-dealkylation sites (N-methyl/N-ethyl adjacent to an activating group) is 1. The highest BCUT2D eigenvalue weighted by Crippen LogP contribution is 2.37. The second-order valence-corrected chi connectivity index (χ2v) is 7.52. The number of nitrogens with one attached hydrogen (secondary N) is 1. The highest BCUT2D eigenvalue weighted by Gasteiger charge is 2.35. The van der Waals surface area contributed by atoms with Crippen LogP contribution < -0.4 is 5.32 Å². The Balaban J connectivity index is 1.87. The first-order valence-corrected chi connectivity index (χ1v) is 8.60. The summed E-state index contributed by atoms with van der Waals surface area (Å²) >= 11 is 0. The fourth-order valence-electron chi connectivity index (χ4n) is 3.85. The van der Waals surface area contributed by atoms with Gasteiger partial charge in [-0.15, -0.1) is 0 Å². The second kappa shape index (κ2) is 7.77. The first-order valence-electron chi connectivity index (χ1n) is 8.60. The number of rotatable bonds is 7. The molecule has 2 aliphatic rings. The van der Waals surface area contributed by atoms with Crippen LogP contribution in [0.1, 0.15) is 52.4 Å². The van der Waals surface area contributed by atoms with Gasteiger partial charge in [-0.2, -0.15) is 0 Å². The molecule has 0 aromatic rings. The monoisotopic (exact) mass is 282 g/mol. The third kappa shape index (κ3) is 4.71. The van der Waals surface area contributed by atoms with E-state index >= 15 is 0 Å². The third-order valence-electron chi connectivity index (χ3n) is 5.08. The van der Waals surface area contributed by atoms with Crippen LogP contribution >= 0.6 is 0 Å². The van der Waals surface area contributed by atoms with Crippen molar-refractivity contribution in [3.8, 4) is 0 Å². The second-order valence-electron chi connectivity index (χ2n) is 7.52. The molecule has 0 aromatic carbocycles.